The summed E-state index contributed by atoms with van der Waals surface area (Å²) in [4.78, 5) is 0. The minimum Gasteiger partial charge on any atom is -0.393 e. The summed E-state index contributed by atoms with van der Waals surface area (Å²) in [5.74, 6) is 0.692. The van der Waals surface area contributed by atoms with Gasteiger partial charge in [-0.3, -0.25) is 0 Å². The van der Waals surface area contributed by atoms with Crippen molar-refractivity contribution < 1.29 is 9.84 Å². The fourth-order valence-corrected chi connectivity index (χ4v) is 2.65. The van der Waals surface area contributed by atoms with Crippen LogP contribution in [0.15, 0.2) is 0 Å². The first kappa shape index (κ1) is 11.4. The molecule has 2 N–H and O–H groups in total. The predicted octanol–water partition coefficient (Wildman–Crippen LogP) is 1.31. The number of hydrogen-bond acceptors (Lipinski definition) is 3. The molecular formula is C12H23NO2. The Morgan fingerprint density at radius 2 is 2.13 bits per heavy atom. The van der Waals surface area contributed by atoms with Crippen molar-refractivity contribution in [3.8, 4) is 0 Å². The Kier molecular flexibility index (Phi) is 4.42. The van der Waals surface area contributed by atoms with Crippen LogP contribution in [-0.2, 0) is 4.74 Å². The minimum absolute atomic E-state index is 0.0705. The van der Waals surface area contributed by atoms with E-state index in [-0.39, 0.29) is 6.10 Å². The van der Waals surface area contributed by atoms with Gasteiger partial charge in [0, 0.05) is 19.2 Å². The number of nitrogens with one attached hydrogen (secondary N) is 1. The summed E-state index contributed by atoms with van der Waals surface area (Å²) in [5, 5.41) is 13.1. The van der Waals surface area contributed by atoms with Crippen molar-refractivity contribution in [2.45, 2.75) is 50.7 Å². The van der Waals surface area contributed by atoms with Crippen molar-refractivity contribution in [1.82, 2.24) is 5.32 Å². The number of ether oxygens (including phenoxy) is 1. The van der Waals surface area contributed by atoms with E-state index in [4.69, 9.17) is 4.74 Å². The van der Waals surface area contributed by atoms with Crippen molar-refractivity contribution in [2.24, 2.45) is 5.92 Å². The normalized spacial score (nSPS) is 37.8. The molecule has 0 aromatic carbocycles. The van der Waals surface area contributed by atoms with Crippen LogP contribution in [0.4, 0.5) is 0 Å². The molecule has 2 fully saturated rings. The van der Waals surface area contributed by atoms with Gasteiger partial charge in [0.05, 0.1) is 12.7 Å². The molecule has 0 radical (unpaired) electrons. The van der Waals surface area contributed by atoms with Gasteiger partial charge in [-0.05, 0) is 44.4 Å². The van der Waals surface area contributed by atoms with Gasteiger partial charge in [0.1, 0.15) is 0 Å². The summed E-state index contributed by atoms with van der Waals surface area (Å²) in [5.41, 5.74) is 0. The molecule has 0 amide bonds. The number of hydrogen-bond donors (Lipinski definition) is 2. The van der Waals surface area contributed by atoms with Crippen molar-refractivity contribution in [3.05, 3.63) is 0 Å². The van der Waals surface area contributed by atoms with Gasteiger partial charge in [0.25, 0.3) is 0 Å². The molecule has 0 bridgehead atoms. The van der Waals surface area contributed by atoms with Gasteiger partial charge in [0.15, 0.2) is 0 Å². The topological polar surface area (TPSA) is 41.5 Å². The zero-order valence-corrected chi connectivity index (χ0v) is 9.45. The zero-order chi connectivity index (χ0) is 10.5. The summed E-state index contributed by atoms with van der Waals surface area (Å²) in [6, 6.07) is 0.538. The predicted molar refractivity (Wildman–Crippen MR) is 59.8 cm³/mol. The second-order valence-electron chi connectivity index (χ2n) is 5.01. The molecule has 0 spiro atoms. The lowest BCUT2D eigenvalue weighted by molar-refractivity contribution is 0.0507. The van der Waals surface area contributed by atoms with Crippen LogP contribution in [0.1, 0.15) is 38.5 Å². The number of rotatable bonds is 3. The fourth-order valence-electron chi connectivity index (χ4n) is 2.65. The molecule has 1 aliphatic heterocycles. The van der Waals surface area contributed by atoms with Crippen LogP contribution >= 0.6 is 0 Å². The van der Waals surface area contributed by atoms with Gasteiger partial charge in [-0.15, -0.1) is 0 Å². The Morgan fingerprint density at radius 3 is 2.87 bits per heavy atom. The molecule has 0 aromatic heterocycles. The molecule has 3 unspecified atom stereocenters. The van der Waals surface area contributed by atoms with Crippen LogP contribution in [-0.4, -0.2) is 37.0 Å². The smallest absolute Gasteiger partial charge is 0.0555 e. The second kappa shape index (κ2) is 5.83. The van der Waals surface area contributed by atoms with Crippen LogP contribution in [0.5, 0.6) is 0 Å². The van der Waals surface area contributed by atoms with Crippen molar-refractivity contribution in [2.75, 3.05) is 19.8 Å². The third-order valence-corrected chi connectivity index (χ3v) is 3.60. The lowest BCUT2D eigenvalue weighted by Crippen LogP contribution is -2.40. The quantitative estimate of drug-likeness (QED) is 0.742. The van der Waals surface area contributed by atoms with E-state index in [1.807, 2.05) is 0 Å². The molecule has 1 saturated carbocycles. The van der Waals surface area contributed by atoms with E-state index in [0.29, 0.717) is 12.0 Å². The fraction of sp³-hybridized carbons (Fsp3) is 1.00. The van der Waals surface area contributed by atoms with Gasteiger partial charge in [0.2, 0.25) is 0 Å². The molecule has 2 aliphatic rings. The van der Waals surface area contributed by atoms with Crippen LogP contribution in [0.25, 0.3) is 0 Å². The van der Waals surface area contributed by atoms with E-state index >= 15 is 0 Å². The monoisotopic (exact) mass is 213 g/mol. The largest absolute Gasteiger partial charge is 0.393 e. The Morgan fingerprint density at radius 1 is 1.20 bits per heavy atom. The highest BCUT2D eigenvalue weighted by molar-refractivity contribution is 4.78. The molecule has 3 atom stereocenters. The van der Waals surface area contributed by atoms with E-state index in [2.05, 4.69) is 5.32 Å². The van der Waals surface area contributed by atoms with E-state index < -0.39 is 0 Å². The molecule has 1 saturated heterocycles. The average Bonchev–Trinajstić information content (AvgIpc) is 2.28. The van der Waals surface area contributed by atoms with Crippen molar-refractivity contribution in [3.63, 3.8) is 0 Å². The van der Waals surface area contributed by atoms with Crippen molar-refractivity contribution in [1.29, 1.82) is 0 Å². The Bertz CT molecular complexity index is 180. The maximum absolute atomic E-state index is 9.55. The standard InChI is InChI=1S/C12H23NO2/c14-12-5-1-4-11(7-12)13-8-10-3-2-6-15-9-10/h10-14H,1-9H2. The first-order valence-electron chi connectivity index (χ1n) is 6.34. The lowest BCUT2D eigenvalue weighted by Gasteiger charge is -2.29. The van der Waals surface area contributed by atoms with E-state index in [1.54, 1.807) is 0 Å². The molecule has 1 heterocycles. The van der Waals surface area contributed by atoms with Gasteiger partial charge in [-0.25, -0.2) is 0 Å². The van der Waals surface area contributed by atoms with Crippen LogP contribution < -0.4 is 5.32 Å². The second-order valence-corrected chi connectivity index (χ2v) is 5.01. The van der Waals surface area contributed by atoms with Gasteiger partial charge < -0.3 is 15.2 Å². The summed E-state index contributed by atoms with van der Waals surface area (Å²) >= 11 is 0. The molecule has 2 rings (SSSR count). The minimum atomic E-state index is -0.0705. The first-order valence-corrected chi connectivity index (χ1v) is 6.34. The SMILES string of the molecule is OC1CCCC(NCC2CCCOC2)C1. The molecule has 3 heteroatoms. The Balaban J connectivity index is 1.63. The van der Waals surface area contributed by atoms with Gasteiger partial charge >= 0.3 is 0 Å². The van der Waals surface area contributed by atoms with Gasteiger partial charge in [-0.1, -0.05) is 0 Å². The average molecular weight is 213 g/mol. The summed E-state index contributed by atoms with van der Waals surface area (Å²) in [6.45, 7) is 2.93. The Hall–Kier alpha value is -0.120. The highest BCUT2D eigenvalue weighted by Gasteiger charge is 2.21. The lowest BCUT2D eigenvalue weighted by atomic mass is 9.92. The van der Waals surface area contributed by atoms with Crippen LogP contribution in [0, 0.1) is 5.92 Å². The van der Waals surface area contributed by atoms with E-state index in [0.717, 1.165) is 32.6 Å². The van der Waals surface area contributed by atoms with E-state index in [1.165, 1.54) is 25.7 Å². The highest BCUT2D eigenvalue weighted by atomic mass is 16.5. The van der Waals surface area contributed by atoms with Crippen LogP contribution in [0.3, 0.4) is 0 Å². The number of aliphatic hydroxyl groups is 1. The molecule has 88 valence electrons. The summed E-state index contributed by atoms with van der Waals surface area (Å²) in [6.07, 6.45) is 6.75. The molecular weight excluding hydrogens is 190 g/mol. The first-order chi connectivity index (χ1) is 7.34. The molecule has 0 aromatic rings. The third-order valence-electron chi connectivity index (χ3n) is 3.60. The third kappa shape index (κ3) is 3.74. The van der Waals surface area contributed by atoms with Crippen LogP contribution in [0.2, 0.25) is 0 Å². The summed E-state index contributed by atoms with van der Waals surface area (Å²) < 4.78 is 5.45. The Labute approximate surface area is 92.2 Å². The summed E-state index contributed by atoms with van der Waals surface area (Å²) in [7, 11) is 0. The maximum Gasteiger partial charge on any atom is 0.0555 e. The molecule has 3 nitrogen and oxygen atoms in total. The molecule has 1 aliphatic carbocycles. The zero-order valence-electron chi connectivity index (χ0n) is 9.45. The highest BCUT2D eigenvalue weighted by Crippen LogP contribution is 2.19. The molecule has 15 heavy (non-hydrogen) atoms. The maximum atomic E-state index is 9.55. The van der Waals surface area contributed by atoms with Crippen molar-refractivity contribution >= 4 is 0 Å². The number of aliphatic hydroxyl groups excluding tert-OH is 1. The van der Waals surface area contributed by atoms with E-state index in [9.17, 15) is 5.11 Å². The van der Waals surface area contributed by atoms with Gasteiger partial charge in [-0.2, -0.15) is 0 Å².